The predicted molar refractivity (Wildman–Crippen MR) is 67.1 cm³/mol. The zero-order valence-electron chi connectivity index (χ0n) is 10.9. The van der Waals surface area contributed by atoms with Crippen LogP contribution in [0.25, 0.3) is 0 Å². The fourth-order valence-electron chi connectivity index (χ4n) is 1.38. The van der Waals surface area contributed by atoms with Gasteiger partial charge >= 0.3 is 5.97 Å². The number of hydrogen-bond acceptors (Lipinski definition) is 3. The van der Waals surface area contributed by atoms with Crippen LogP contribution in [-0.2, 0) is 16.0 Å². The summed E-state index contributed by atoms with van der Waals surface area (Å²) >= 11 is 0. The van der Waals surface area contributed by atoms with Gasteiger partial charge in [-0.25, -0.2) is 4.79 Å². The van der Waals surface area contributed by atoms with Crippen LogP contribution in [0.5, 0.6) is 5.75 Å². The Morgan fingerprint density at radius 3 is 2.24 bits per heavy atom. The zero-order valence-corrected chi connectivity index (χ0v) is 10.9. The molecule has 94 valence electrons. The van der Waals surface area contributed by atoms with Gasteiger partial charge in [0, 0.05) is 0 Å². The summed E-state index contributed by atoms with van der Waals surface area (Å²) in [5.41, 5.74) is 1.25. The number of carbonyl (C=O) groups is 1. The van der Waals surface area contributed by atoms with E-state index in [4.69, 9.17) is 9.47 Å². The number of benzene rings is 1. The van der Waals surface area contributed by atoms with Crippen LogP contribution in [0, 0.1) is 0 Å². The average Bonchev–Trinajstić information content (AvgIpc) is 2.29. The van der Waals surface area contributed by atoms with E-state index in [-0.39, 0.29) is 12.1 Å². The Hall–Kier alpha value is -1.51. The molecule has 0 heterocycles. The van der Waals surface area contributed by atoms with Crippen LogP contribution in [-0.4, -0.2) is 18.2 Å². The summed E-state index contributed by atoms with van der Waals surface area (Å²) in [7, 11) is 0. The fourth-order valence-corrected chi connectivity index (χ4v) is 1.38. The van der Waals surface area contributed by atoms with Gasteiger partial charge in [-0.2, -0.15) is 0 Å². The molecule has 0 aliphatic rings. The van der Waals surface area contributed by atoms with Crippen LogP contribution >= 0.6 is 0 Å². The van der Waals surface area contributed by atoms with Crippen molar-refractivity contribution in [2.75, 3.05) is 0 Å². The molecule has 0 aromatic heterocycles. The highest BCUT2D eigenvalue weighted by atomic mass is 16.6. The lowest BCUT2D eigenvalue weighted by atomic mass is 10.2. The number of carbonyl (C=O) groups excluding carboxylic acids is 1. The topological polar surface area (TPSA) is 35.5 Å². The largest absolute Gasteiger partial charge is 0.479 e. The number of hydrogen-bond donors (Lipinski definition) is 0. The lowest BCUT2D eigenvalue weighted by molar-refractivity contribution is -0.154. The van der Waals surface area contributed by atoms with Crippen molar-refractivity contribution >= 4 is 5.97 Å². The van der Waals surface area contributed by atoms with Crippen LogP contribution in [0.1, 0.15) is 33.3 Å². The zero-order chi connectivity index (χ0) is 12.8. The van der Waals surface area contributed by atoms with Gasteiger partial charge in [0.05, 0.1) is 6.10 Å². The van der Waals surface area contributed by atoms with Crippen molar-refractivity contribution in [2.24, 2.45) is 0 Å². The van der Waals surface area contributed by atoms with Crippen molar-refractivity contribution < 1.29 is 14.3 Å². The van der Waals surface area contributed by atoms with Crippen LogP contribution in [0.15, 0.2) is 24.3 Å². The summed E-state index contributed by atoms with van der Waals surface area (Å²) in [6, 6.07) is 7.74. The van der Waals surface area contributed by atoms with E-state index in [1.165, 1.54) is 5.56 Å². The number of esters is 1. The second kappa shape index (κ2) is 6.28. The van der Waals surface area contributed by atoms with E-state index in [1.54, 1.807) is 6.92 Å². The van der Waals surface area contributed by atoms with Gasteiger partial charge in [-0.05, 0) is 44.9 Å². The molecule has 0 aliphatic heterocycles. The molecule has 1 aromatic carbocycles. The molecule has 3 heteroatoms. The lowest BCUT2D eigenvalue weighted by Gasteiger charge is -2.15. The third kappa shape index (κ3) is 4.47. The van der Waals surface area contributed by atoms with E-state index in [2.05, 4.69) is 6.92 Å². The van der Waals surface area contributed by atoms with Crippen LogP contribution in [0.2, 0.25) is 0 Å². The highest BCUT2D eigenvalue weighted by molar-refractivity contribution is 5.74. The van der Waals surface area contributed by atoms with Gasteiger partial charge in [0.1, 0.15) is 5.75 Å². The molecule has 0 spiro atoms. The Balaban J connectivity index is 2.55. The predicted octanol–water partition coefficient (Wildman–Crippen LogP) is 2.97. The molecule has 0 amide bonds. The molecule has 0 saturated carbocycles. The van der Waals surface area contributed by atoms with Gasteiger partial charge in [0.25, 0.3) is 0 Å². The Bertz CT molecular complexity index is 354. The Kier molecular flexibility index (Phi) is 5.01. The van der Waals surface area contributed by atoms with Crippen molar-refractivity contribution in [3.8, 4) is 5.75 Å². The highest BCUT2D eigenvalue weighted by Crippen LogP contribution is 2.14. The van der Waals surface area contributed by atoms with Gasteiger partial charge in [-0.1, -0.05) is 19.1 Å². The first-order valence-electron chi connectivity index (χ1n) is 5.99. The summed E-state index contributed by atoms with van der Waals surface area (Å²) in [5, 5.41) is 0. The van der Waals surface area contributed by atoms with Crippen LogP contribution < -0.4 is 4.74 Å². The quantitative estimate of drug-likeness (QED) is 0.737. The lowest BCUT2D eigenvalue weighted by Crippen LogP contribution is -2.28. The van der Waals surface area contributed by atoms with E-state index in [1.807, 2.05) is 38.1 Å². The van der Waals surface area contributed by atoms with Gasteiger partial charge in [-0.15, -0.1) is 0 Å². The highest BCUT2D eigenvalue weighted by Gasteiger charge is 2.17. The minimum Gasteiger partial charge on any atom is -0.479 e. The van der Waals surface area contributed by atoms with E-state index >= 15 is 0 Å². The maximum Gasteiger partial charge on any atom is 0.347 e. The maximum absolute atomic E-state index is 11.5. The minimum atomic E-state index is -0.579. The maximum atomic E-state index is 11.5. The van der Waals surface area contributed by atoms with Crippen molar-refractivity contribution in [3.63, 3.8) is 0 Å². The van der Waals surface area contributed by atoms with Crippen LogP contribution in [0.4, 0.5) is 0 Å². The average molecular weight is 236 g/mol. The minimum absolute atomic E-state index is 0.115. The summed E-state index contributed by atoms with van der Waals surface area (Å²) in [5.74, 6) is 0.356. The second-order valence-electron chi connectivity index (χ2n) is 4.24. The van der Waals surface area contributed by atoms with Gasteiger partial charge in [0.15, 0.2) is 6.10 Å². The molecular formula is C14H20O3. The van der Waals surface area contributed by atoms with Gasteiger partial charge in [0.2, 0.25) is 0 Å². The standard InChI is InChI=1S/C14H20O3/c1-5-12-6-8-13(9-7-12)17-11(4)14(15)16-10(2)3/h6-11H,5H2,1-4H3. The van der Waals surface area contributed by atoms with E-state index in [9.17, 15) is 4.79 Å². The molecule has 1 rings (SSSR count). The first-order chi connectivity index (χ1) is 8.02. The SMILES string of the molecule is CCc1ccc(OC(C)C(=O)OC(C)C)cc1. The first-order valence-corrected chi connectivity index (χ1v) is 5.99. The Morgan fingerprint density at radius 1 is 1.18 bits per heavy atom. The summed E-state index contributed by atoms with van der Waals surface area (Å²) < 4.78 is 10.6. The Morgan fingerprint density at radius 2 is 1.76 bits per heavy atom. The molecular weight excluding hydrogens is 216 g/mol. The molecule has 17 heavy (non-hydrogen) atoms. The first kappa shape index (κ1) is 13.6. The molecule has 0 fully saturated rings. The monoisotopic (exact) mass is 236 g/mol. The number of aryl methyl sites for hydroxylation is 1. The van der Waals surface area contributed by atoms with E-state index in [0.29, 0.717) is 5.75 Å². The van der Waals surface area contributed by atoms with E-state index < -0.39 is 6.10 Å². The van der Waals surface area contributed by atoms with Gasteiger partial charge < -0.3 is 9.47 Å². The Labute approximate surface area is 103 Å². The van der Waals surface area contributed by atoms with Crippen LogP contribution in [0.3, 0.4) is 0 Å². The van der Waals surface area contributed by atoms with Crippen molar-refractivity contribution in [1.82, 2.24) is 0 Å². The molecule has 3 nitrogen and oxygen atoms in total. The fraction of sp³-hybridized carbons (Fsp3) is 0.500. The van der Waals surface area contributed by atoms with E-state index in [0.717, 1.165) is 6.42 Å². The third-order valence-corrected chi connectivity index (χ3v) is 2.33. The number of ether oxygens (including phenoxy) is 2. The van der Waals surface area contributed by atoms with Crippen molar-refractivity contribution in [2.45, 2.75) is 46.3 Å². The van der Waals surface area contributed by atoms with Crippen molar-refractivity contribution in [3.05, 3.63) is 29.8 Å². The summed E-state index contributed by atoms with van der Waals surface area (Å²) in [6.07, 6.45) is 0.298. The molecule has 1 aromatic rings. The summed E-state index contributed by atoms with van der Waals surface area (Å²) in [4.78, 5) is 11.5. The van der Waals surface area contributed by atoms with Gasteiger partial charge in [-0.3, -0.25) is 0 Å². The normalized spacial score (nSPS) is 12.3. The summed E-state index contributed by atoms with van der Waals surface area (Å²) in [6.45, 7) is 7.43. The molecule has 1 atom stereocenters. The van der Waals surface area contributed by atoms with Crippen molar-refractivity contribution in [1.29, 1.82) is 0 Å². The molecule has 0 saturated heterocycles. The molecule has 0 bridgehead atoms. The third-order valence-electron chi connectivity index (χ3n) is 2.33. The molecule has 0 N–H and O–H groups in total. The molecule has 0 radical (unpaired) electrons. The second-order valence-corrected chi connectivity index (χ2v) is 4.24. The number of rotatable bonds is 5. The smallest absolute Gasteiger partial charge is 0.347 e. The molecule has 1 unspecified atom stereocenters. The molecule has 0 aliphatic carbocycles.